The number of rotatable bonds is 4. The topological polar surface area (TPSA) is 32.8 Å². The number of amides is 1. The van der Waals surface area contributed by atoms with Crippen molar-refractivity contribution < 1.29 is 9.53 Å². The number of benzene rings is 1. The summed E-state index contributed by atoms with van der Waals surface area (Å²) in [4.78, 5) is 17.6. The molecule has 2 bridgehead atoms. The van der Waals surface area contributed by atoms with Crippen LogP contribution >= 0.6 is 11.8 Å². The van der Waals surface area contributed by atoms with Crippen molar-refractivity contribution in [2.45, 2.75) is 30.8 Å². The highest BCUT2D eigenvalue weighted by Crippen LogP contribution is 2.48. The Kier molecular flexibility index (Phi) is 4.48. The molecule has 4 heterocycles. The lowest BCUT2D eigenvalue weighted by Gasteiger charge is -2.51. The van der Waals surface area contributed by atoms with Crippen molar-refractivity contribution in [3.63, 3.8) is 0 Å². The number of hydrogen-bond acceptors (Lipinski definition) is 4. The molecular weight excluding hydrogens is 320 g/mol. The Morgan fingerprint density at radius 3 is 2.71 bits per heavy atom. The van der Waals surface area contributed by atoms with Gasteiger partial charge < -0.3 is 9.64 Å². The number of thioether (sulfide) groups is 1. The third-order valence-corrected chi connectivity index (χ3v) is 6.66. The molecule has 3 atom stereocenters. The van der Waals surface area contributed by atoms with E-state index in [2.05, 4.69) is 21.9 Å². The standard InChI is InChI=1S/C19H26N2O2S/c1-23-16-6-4-3-5-14(16)15-11-21(17(22)12-24-2)18-13-7-9-20(10-8-13)19(15)18/h3-6,13,15,18-19H,7-12H2,1-2H3/t15-,18+,19+/m0/s1. The lowest BCUT2D eigenvalue weighted by Crippen LogP contribution is -2.60. The highest BCUT2D eigenvalue weighted by molar-refractivity contribution is 7.99. The van der Waals surface area contributed by atoms with Gasteiger partial charge >= 0.3 is 0 Å². The largest absolute Gasteiger partial charge is 0.496 e. The molecule has 0 aromatic heterocycles. The molecule has 4 aliphatic heterocycles. The SMILES string of the molecule is COc1ccccc1[C@@H]1CN(C(=O)CSC)[C@@H]2C3CCN(CC3)[C@@H]21. The molecule has 130 valence electrons. The second-order valence-electron chi connectivity index (χ2n) is 7.18. The van der Waals surface area contributed by atoms with Gasteiger partial charge in [0, 0.05) is 24.1 Å². The number of piperidine rings is 3. The van der Waals surface area contributed by atoms with Crippen LogP contribution in [0.2, 0.25) is 0 Å². The maximum absolute atomic E-state index is 12.8. The summed E-state index contributed by atoms with van der Waals surface area (Å²) in [7, 11) is 1.75. The molecule has 5 heteroatoms. The molecule has 4 saturated heterocycles. The van der Waals surface area contributed by atoms with Gasteiger partial charge in [-0.15, -0.1) is 0 Å². The van der Waals surface area contributed by atoms with E-state index >= 15 is 0 Å². The molecule has 0 unspecified atom stereocenters. The first-order chi connectivity index (χ1) is 11.7. The van der Waals surface area contributed by atoms with Gasteiger partial charge in [-0.25, -0.2) is 0 Å². The van der Waals surface area contributed by atoms with Gasteiger partial charge in [0.2, 0.25) is 5.91 Å². The number of para-hydroxylation sites is 1. The molecule has 0 spiro atoms. The number of nitrogens with zero attached hydrogens (tertiary/aromatic N) is 2. The molecule has 0 N–H and O–H groups in total. The second kappa shape index (κ2) is 6.60. The van der Waals surface area contributed by atoms with Crippen LogP contribution in [-0.2, 0) is 4.79 Å². The van der Waals surface area contributed by atoms with Gasteiger partial charge in [0.15, 0.2) is 0 Å². The van der Waals surface area contributed by atoms with Crippen LogP contribution in [0.15, 0.2) is 24.3 Å². The third-order valence-electron chi connectivity index (χ3n) is 6.12. The Labute approximate surface area is 148 Å². The second-order valence-corrected chi connectivity index (χ2v) is 8.05. The number of hydrogen-bond donors (Lipinski definition) is 0. The van der Waals surface area contributed by atoms with E-state index < -0.39 is 0 Å². The van der Waals surface area contributed by atoms with Crippen LogP contribution in [0.4, 0.5) is 0 Å². The van der Waals surface area contributed by atoms with E-state index in [1.54, 1.807) is 18.9 Å². The molecule has 0 saturated carbocycles. The van der Waals surface area contributed by atoms with Crippen molar-refractivity contribution in [3.8, 4) is 5.75 Å². The average Bonchev–Trinajstić information content (AvgIpc) is 3.05. The monoisotopic (exact) mass is 346 g/mol. The van der Waals surface area contributed by atoms with Gasteiger partial charge in [-0.1, -0.05) is 18.2 Å². The number of ether oxygens (including phenoxy) is 1. The zero-order valence-corrected chi connectivity index (χ0v) is 15.3. The molecule has 0 radical (unpaired) electrons. The summed E-state index contributed by atoms with van der Waals surface area (Å²) in [6.45, 7) is 3.20. The Balaban J connectivity index is 1.71. The Hall–Kier alpha value is -1.20. The van der Waals surface area contributed by atoms with Gasteiger partial charge in [0.05, 0.1) is 18.9 Å². The maximum Gasteiger partial charge on any atom is 0.232 e. The first-order valence-corrected chi connectivity index (χ1v) is 10.3. The zero-order chi connectivity index (χ0) is 16.7. The van der Waals surface area contributed by atoms with Gasteiger partial charge in [-0.2, -0.15) is 11.8 Å². The quantitative estimate of drug-likeness (QED) is 0.838. The fourth-order valence-electron chi connectivity index (χ4n) is 5.16. The Morgan fingerprint density at radius 2 is 2.00 bits per heavy atom. The van der Waals surface area contributed by atoms with Gasteiger partial charge in [0.25, 0.3) is 0 Å². The fourth-order valence-corrected chi connectivity index (χ4v) is 5.57. The maximum atomic E-state index is 12.8. The minimum Gasteiger partial charge on any atom is -0.496 e. The van der Waals surface area contributed by atoms with Crippen molar-refractivity contribution in [1.29, 1.82) is 0 Å². The molecule has 4 nitrogen and oxygen atoms in total. The normalized spacial score (nSPS) is 34.2. The van der Waals surface area contributed by atoms with Crippen molar-refractivity contribution in [1.82, 2.24) is 9.80 Å². The number of methoxy groups -OCH3 is 1. The Bertz CT molecular complexity index is 615. The van der Waals surface area contributed by atoms with E-state index in [1.807, 2.05) is 18.4 Å². The first-order valence-electron chi connectivity index (χ1n) is 8.90. The first kappa shape index (κ1) is 16.3. The van der Waals surface area contributed by atoms with E-state index in [1.165, 1.54) is 31.5 Å². The fraction of sp³-hybridized carbons (Fsp3) is 0.632. The molecule has 4 aliphatic rings. The summed E-state index contributed by atoms with van der Waals surface area (Å²) >= 11 is 1.63. The third kappa shape index (κ3) is 2.53. The molecule has 5 rings (SSSR count). The lowest BCUT2D eigenvalue weighted by atomic mass is 9.75. The molecule has 1 aromatic carbocycles. The molecule has 4 fully saturated rings. The molecule has 0 aliphatic carbocycles. The zero-order valence-electron chi connectivity index (χ0n) is 14.5. The number of likely N-dealkylation sites (tertiary alicyclic amines) is 1. The predicted octanol–water partition coefficient (Wildman–Crippen LogP) is 2.45. The Morgan fingerprint density at radius 1 is 1.25 bits per heavy atom. The predicted molar refractivity (Wildman–Crippen MR) is 97.7 cm³/mol. The molecule has 1 amide bonds. The summed E-state index contributed by atoms with van der Waals surface area (Å²) in [6, 6.07) is 9.20. The van der Waals surface area contributed by atoms with Crippen molar-refractivity contribution >= 4 is 17.7 Å². The van der Waals surface area contributed by atoms with Crippen LogP contribution in [0.1, 0.15) is 24.3 Å². The minimum absolute atomic E-state index is 0.309. The number of carbonyl (C=O) groups is 1. The minimum atomic E-state index is 0.309. The van der Waals surface area contributed by atoms with Crippen molar-refractivity contribution in [2.24, 2.45) is 5.92 Å². The highest BCUT2D eigenvalue weighted by Gasteiger charge is 2.54. The van der Waals surface area contributed by atoms with Gasteiger partial charge in [0.1, 0.15) is 5.75 Å². The van der Waals surface area contributed by atoms with Crippen LogP contribution in [-0.4, -0.2) is 66.5 Å². The summed E-state index contributed by atoms with van der Waals surface area (Å²) in [6.07, 6.45) is 4.49. The van der Waals surface area contributed by atoms with Crippen LogP contribution in [0.25, 0.3) is 0 Å². The van der Waals surface area contributed by atoms with E-state index in [4.69, 9.17) is 4.74 Å². The van der Waals surface area contributed by atoms with Crippen LogP contribution in [0.5, 0.6) is 5.75 Å². The molecular formula is C19H26N2O2S. The van der Waals surface area contributed by atoms with Crippen LogP contribution in [0, 0.1) is 5.92 Å². The summed E-state index contributed by atoms with van der Waals surface area (Å²) < 4.78 is 5.63. The van der Waals surface area contributed by atoms with Crippen LogP contribution < -0.4 is 4.74 Å². The smallest absolute Gasteiger partial charge is 0.232 e. The van der Waals surface area contributed by atoms with Crippen molar-refractivity contribution in [3.05, 3.63) is 29.8 Å². The van der Waals surface area contributed by atoms with E-state index in [0.717, 1.165) is 12.3 Å². The summed E-state index contributed by atoms with van der Waals surface area (Å²) in [5.41, 5.74) is 1.27. The lowest BCUT2D eigenvalue weighted by molar-refractivity contribution is -0.133. The van der Waals surface area contributed by atoms with Crippen LogP contribution in [0.3, 0.4) is 0 Å². The molecule has 24 heavy (non-hydrogen) atoms. The summed E-state index contributed by atoms with van der Waals surface area (Å²) in [5.74, 6) is 2.89. The van der Waals surface area contributed by atoms with Gasteiger partial charge in [-0.3, -0.25) is 9.69 Å². The number of fused-ring (bicyclic) bond motifs is 2. The van der Waals surface area contributed by atoms with Crippen molar-refractivity contribution in [2.75, 3.05) is 38.8 Å². The molecule has 1 aromatic rings. The van der Waals surface area contributed by atoms with E-state index in [9.17, 15) is 4.79 Å². The van der Waals surface area contributed by atoms with E-state index in [-0.39, 0.29) is 0 Å². The highest BCUT2D eigenvalue weighted by atomic mass is 32.2. The summed E-state index contributed by atoms with van der Waals surface area (Å²) in [5, 5.41) is 0. The number of carbonyl (C=O) groups excluding carboxylic acids is 1. The van der Waals surface area contributed by atoms with Gasteiger partial charge in [-0.05, 0) is 44.2 Å². The van der Waals surface area contributed by atoms with E-state index in [0.29, 0.717) is 35.6 Å². The average molecular weight is 346 g/mol.